The molecule has 3 nitrogen and oxygen atoms in total. The summed E-state index contributed by atoms with van der Waals surface area (Å²) in [7, 11) is 1.57. The van der Waals surface area contributed by atoms with Crippen LogP contribution in [0, 0.1) is 11.3 Å². The highest BCUT2D eigenvalue weighted by molar-refractivity contribution is 6.42. The lowest BCUT2D eigenvalue weighted by Gasteiger charge is -2.11. The Labute approximate surface area is 127 Å². The van der Waals surface area contributed by atoms with Crippen LogP contribution in [-0.2, 0) is 6.61 Å². The van der Waals surface area contributed by atoms with Crippen LogP contribution in [0.4, 0.5) is 0 Å². The first-order valence-corrected chi connectivity index (χ1v) is 6.54. The van der Waals surface area contributed by atoms with Crippen molar-refractivity contribution in [2.75, 3.05) is 7.11 Å². The van der Waals surface area contributed by atoms with E-state index in [9.17, 15) is 0 Å². The summed E-state index contributed by atoms with van der Waals surface area (Å²) < 4.78 is 10.9. The van der Waals surface area contributed by atoms with Crippen LogP contribution < -0.4 is 9.47 Å². The Bertz CT molecular complexity index is 665. The summed E-state index contributed by atoms with van der Waals surface area (Å²) in [5.41, 5.74) is 1.34. The van der Waals surface area contributed by atoms with Crippen LogP contribution in [0.2, 0.25) is 10.0 Å². The Balaban J connectivity index is 2.17. The standard InChI is InChI=1S/C15H11Cl2NO2/c1-19-15-5-2-10(8-18)6-11(15)9-20-12-3-4-13(16)14(17)7-12/h2-7H,9H2,1H3. The van der Waals surface area contributed by atoms with Crippen molar-refractivity contribution in [2.45, 2.75) is 6.61 Å². The van der Waals surface area contributed by atoms with E-state index in [1.54, 1.807) is 43.5 Å². The number of hydrogen-bond acceptors (Lipinski definition) is 3. The molecule has 2 aromatic rings. The van der Waals surface area contributed by atoms with Gasteiger partial charge in [0.1, 0.15) is 18.1 Å². The van der Waals surface area contributed by atoms with Gasteiger partial charge in [-0.15, -0.1) is 0 Å². The number of hydrogen-bond donors (Lipinski definition) is 0. The molecular formula is C15H11Cl2NO2. The van der Waals surface area contributed by atoms with Crippen molar-refractivity contribution in [1.29, 1.82) is 5.26 Å². The molecule has 102 valence electrons. The summed E-state index contributed by atoms with van der Waals surface area (Å²) in [6.45, 7) is 0.274. The molecular weight excluding hydrogens is 297 g/mol. The predicted octanol–water partition coefficient (Wildman–Crippen LogP) is 4.45. The maximum atomic E-state index is 8.91. The zero-order valence-electron chi connectivity index (χ0n) is 10.7. The molecule has 0 bridgehead atoms. The molecule has 5 heteroatoms. The molecule has 2 aromatic carbocycles. The van der Waals surface area contributed by atoms with Crippen LogP contribution in [0.1, 0.15) is 11.1 Å². The Kier molecular flexibility index (Phi) is 4.73. The van der Waals surface area contributed by atoms with Gasteiger partial charge in [0.15, 0.2) is 0 Å². The molecule has 0 aliphatic rings. The normalized spacial score (nSPS) is 9.90. The Morgan fingerprint density at radius 3 is 2.55 bits per heavy atom. The van der Waals surface area contributed by atoms with E-state index in [1.807, 2.05) is 0 Å². The quantitative estimate of drug-likeness (QED) is 0.838. The minimum absolute atomic E-state index is 0.274. The van der Waals surface area contributed by atoms with Gasteiger partial charge >= 0.3 is 0 Å². The van der Waals surface area contributed by atoms with E-state index < -0.39 is 0 Å². The molecule has 0 heterocycles. The predicted molar refractivity (Wildman–Crippen MR) is 78.5 cm³/mol. The van der Waals surface area contributed by atoms with Crippen LogP contribution in [0.3, 0.4) is 0 Å². The Morgan fingerprint density at radius 2 is 1.90 bits per heavy atom. The highest BCUT2D eigenvalue weighted by Gasteiger charge is 2.06. The number of ether oxygens (including phenoxy) is 2. The lowest BCUT2D eigenvalue weighted by Crippen LogP contribution is -1.99. The van der Waals surface area contributed by atoms with Gasteiger partial charge in [-0.1, -0.05) is 23.2 Å². The third-order valence-electron chi connectivity index (χ3n) is 2.69. The van der Waals surface area contributed by atoms with Gasteiger partial charge in [-0.2, -0.15) is 5.26 Å². The van der Waals surface area contributed by atoms with Crippen LogP contribution in [0.5, 0.6) is 11.5 Å². The lowest BCUT2D eigenvalue weighted by atomic mass is 10.1. The SMILES string of the molecule is COc1ccc(C#N)cc1COc1ccc(Cl)c(Cl)c1. The monoisotopic (exact) mass is 307 g/mol. The van der Waals surface area contributed by atoms with Gasteiger partial charge in [0.2, 0.25) is 0 Å². The third kappa shape index (κ3) is 3.36. The summed E-state index contributed by atoms with van der Waals surface area (Å²) in [5.74, 6) is 1.27. The molecule has 0 atom stereocenters. The second-order valence-corrected chi connectivity index (χ2v) is 4.82. The van der Waals surface area contributed by atoms with Crippen molar-refractivity contribution >= 4 is 23.2 Å². The van der Waals surface area contributed by atoms with E-state index in [2.05, 4.69) is 6.07 Å². The molecule has 0 saturated heterocycles. The third-order valence-corrected chi connectivity index (χ3v) is 3.43. The average molecular weight is 308 g/mol. The summed E-state index contributed by atoms with van der Waals surface area (Å²) in [6.07, 6.45) is 0. The molecule has 0 aromatic heterocycles. The largest absolute Gasteiger partial charge is 0.496 e. The summed E-state index contributed by atoms with van der Waals surface area (Å²) in [6, 6.07) is 12.3. The molecule has 20 heavy (non-hydrogen) atoms. The fourth-order valence-corrected chi connectivity index (χ4v) is 1.98. The number of benzene rings is 2. The minimum Gasteiger partial charge on any atom is -0.496 e. The van der Waals surface area contributed by atoms with Crippen LogP contribution in [0.15, 0.2) is 36.4 Å². The van der Waals surface area contributed by atoms with Gasteiger partial charge in [0.25, 0.3) is 0 Å². The summed E-state index contributed by atoms with van der Waals surface area (Å²) >= 11 is 11.8. The van der Waals surface area contributed by atoms with E-state index in [-0.39, 0.29) is 6.61 Å². The average Bonchev–Trinajstić information content (AvgIpc) is 2.48. The Morgan fingerprint density at radius 1 is 1.10 bits per heavy atom. The molecule has 2 rings (SSSR count). The molecule has 0 unspecified atom stereocenters. The zero-order chi connectivity index (χ0) is 14.5. The number of rotatable bonds is 4. The maximum Gasteiger partial charge on any atom is 0.125 e. The topological polar surface area (TPSA) is 42.2 Å². The molecule has 0 fully saturated rings. The Hall–Kier alpha value is -1.89. The molecule has 0 saturated carbocycles. The first kappa shape index (κ1) is 14.5. The van der Waals surface area contributed by atoms with E-state index in [4.69, 9.17) is 37.9 Å². The molecule has 0 spiro atoms. The van der Waals surface area contributed by atoms with Crippen molar-refractivity contribution in [3.05, 3.63) is 57.6 Å². The zero-order valence-corrected chi connectivity index (χ0v) is 12.2. The fraction of sp³-hybridized carbons (Fsp3) is 0.133. The smallest absolute Gasteiger partial charge is 0.125 e. The van der Waals surface area contributed by atoms with Gasteiger partial charge in [-0.3, -0.25) is 0 Å². The van der Waals surface area contributed by atoms with Gasteiger partial charge in [0, 0.05) is 11.6 Å². The molecule has 0 amide bonds. The highest BCUT2D eigenvalue weighted by Crippen LogP contribution is 2.28. The van der Waals surface area contributed by atoms with Crippen LogP contribution >= 0.6 is 23.2 Å². The van der Waals surface area contributed by atoms with E-state index in [0.717, 1.165) is 5.56 Å². The first-order valence-electron chi connectivity index (χ1n) is 5.79. The van der Waals surface area contributed by atoms with Crippen molar-refractivity contribution in [1.82, 2.24) is 0 Å². The molecule has 0 N–H and O–H groups in total. The van der Waals surface area contributed by atoms with Gasteiger partial charge in [0.05, 0.1) is 28.8 Å². The fourth-order valence-electron chi connectivity index (χ4n) is 1.69. The summed E-state index contributed by atoms with van der Waals surface area (Å²) in [4.78, 5) is 0. The molecule has 0 aliphatic heterocycles. The second kappa shape index (κ2) is 6.51. The van der Waals surface area contributed by atoms with Crippen molar-refractivity contribution in [3.8, 4) is 17.6 Å². The van der Waals surface area contributed by atoms with Crippen molar-refractivity contribution in [2.24, 2.45) is 0 Å². The number of nitriles is 1. The summed E-state index contributed by atoms with van der Waals surface area (Å²) in [5, 5.41) is 9.82. The highest BCUT2D eigenvalue weighted by atomic mass is 35.5. The van der Waals surface area contributed by atoms with E-state index in [0.29, 0.717) is 27.1 Å². The van der Waals surface area contributed by atoms with Gasteiger partial charge in [-0.25, -0.2) is 0 Å². The van der Waals surface area contributed by atoms with Gasteiger partial charge < -0.3 is 9.47 Å². The van der Waals surface area contributed by atoms with E-state index in [1.165, 1.54) is 0 Å². The van der Waals surface area contributed by atoms with E-state index >= 15 is 0 Å². The van der Waals surface area contributed by atoms with Crippen molar-refractivity contribution < 1.29 is 9.47 Å². The lowest BCUT2D eigenvalue weighted by molar-refractivity contribution is 0.296. The van der Waals surface area contributed by atoms with Crippen LogP contribution in [0.25, 0.3) is 0 Å². The first-order chi connectivity index (χ1) is 9.63. The van der Waals surface area contributed by atoms with Gasteiger partial charge in [-0.05, 0) is 30.3 Å². The molecule has 0 aliphatic carbocycles. The van der Waals surface area contributed by atoms with Crippen LogP contribution in [-0.4, -0.2) is 7.11 Å². The maximum absolute atomic E-state index is 8.91. The number of methoxy groups -OCH3 is 1. The van der Waals surface area contributed by atoms with Crippen molar-refractivity contribution in [3.63, 3.8) is 0 Å². The molecule has 0 radical (unpaired) electrons. The number of halogens is 2. The number of nitrogens with zero attached hydrogens (tertiary/aromatic N) is 1. The second-order valence-electron chi connectivity index (χ2n) is 4.00. The minimum atomic E-state index is 0.274.